The van der Waals surface area contributed by atoms with Crippen molar-refractivity contribution in [2.24, 2.45) is 0 Å². The van der Waals surface area contributed by atoms with Crippen LogP contribution in [0.15, 0.2) is 49.0 Å². The number of hydrogen-bond donors (Lipinski definition) is 0. The van der Waals surface area contributed by atoms with Crippen molar-refractivity contribution in [3.05, 3.63) is 54.6 Å². The van der Waals surface area contributed by atoms with Crippen LogP contribution in [0.1, 0.15) is 38.7 Å². The number of ether oxygens (including phenoxy) is 2. The van der Waals surface area contributed by atoms with Crippen molar-refractivity contribution >= 4 is 16.3 Å². The summed E-state index contributed by atoms with van der Waals surface area (Å²) in [6.07, 6.45) is 3.16. The number of fused-ring (bicyclic) bond motifs is 1. The van der Waals surface area contributed by atoms with E-state index in [-0.39, 0.29) is 6.29 Å². The Morgan fingerprint density at radius 1 is 1.14 bits per heavy atom. The van der Waals surface area contributed by atoms with E-state index in [2.05, 4.69) is 62.9 Å². The standard InChI is InChI=1S/C20H24O2/c1-15(20(2,3)22-19-10-6-7-13-21-19)17-12-11-16-8-4-5-9-18(16)14-17/h4-5,8-9,11-12,14,19H,1,6-7,10,13H2,2-3H3. The van der Waals surface area contributed by atoms with Crippen LogP contribution in [-0.4, -0.2) is 18.5 Å². The van der Waals surface area contributed by atoms with Crippen LogP contribution >= 0.6 is 0 Å². The summed E-state index contributed by atoms with van der Waals surface area (Å²) in [6, 6.07) is 14.8. The molecule has 22 heavy (non-hydrogen) atoms. The maximum Gasteiger partial charge on any atom is 0.158 e. The van der Waals surface area contributed by atoms with Crippen molar-refractivity contribution in [3.63, 3.8) is 0 Å². The summed E-state index contributed by atoms with van der Waals surface area (Å²) in [6.45, 7) is 9.23. The van der Waals surface area contributed by atoms with Gasteiger partial charge in [-0.05, 0) is 61.1 Å². The van der Waals surface area contributed by atoms with Gasteiger partial charge in [0.2, 0.25) is 0 Å². The Balaban J connectivity index is 1.80. The molecule has 1 aliphatic heterocycles. The molecule has 0 bridgehead atoms. The van der Waals surface area contributed by atoms with Gasteiger partial charge in [0.25, 0.3) is 0 Å². The summed E-state index contributed by atoms with van der Waals surface area (Å²) in [4.78, 5) is 0. The van der Waals surface area contributed by atoms with Gasteiger partial charge in [-0.15, -0.1) is 0 Å². The van der Waals surface area contributed by atoms with Crippen LogP contribution in [0.3, 0.4) is 0 Å². The fourth-order valence-corrected chi connectivity index (χ4v) is 2.93. The zero-order chi connectivity index (χ0) is 15.6. The second kappa shape index (κ2) is 6.23. The topological polar surface area (TPSA) is 18.5 Å². The average molecular weight is 296 g/mol. The molecule has 2 heteroatoms. The van der Waals surface area contributed by atoms with Gasteiger partial charge in [-0.3, -0.25) is 0 Å². The fourth-order valence-electron chi connectivity index (χ4n) is 2.93. The summed E-state index contributed by atoms with van der Waals surface area (Å²) in [5.41, 5.74) is 1.68. The molecule has 0 saturated carbocycles. The molecule has 0 N–H and O–H groups in total. The van der Waals surface area contributed by atoms with Gasteiger partial charge in [0.05, 0.1) is 5.60 Å². The second-order valence-corrected chi connectivity index (χ2v) is 6.46. The van der Waals surface area contributed by atoms with E-state index < -0.39 is 5.60 Å². The Hall–Kier alpha value is -1.64. The Labute approximate surface area is 132 Å². The van der Waals surface area contributed by atoms with Crippen LogP contribution in [0.5, 0.6) is 0 Å². The van der Waals surface area contributed by atoms with Crippen LogP contribution in [0.25, 0.3) is 16.3 Å². The van der Waals surface area contributed by atoms with E-state index in [1.54, 1.807) is 0 Å². The predicted molar refractivity (Wildman–Crippen MR) is 91.7 cm³/mol. The smallest absolute Gasteiger partial charge is 0.158 e. The van der Waals surface area contributed by atoms with Gasteiger partial charge in [0.15, 0.2) is 6.29 Å². The fraction of sp³-hybridized carbons (Fsp3) is 0.400. The van der Waals surface area contributed by atoms with E-state index in [0.717, 1.165) is 30.6 Å². The minimum atomic E-state index is -0.440. The highest BCUT2D eigenvalue weighted by Gasteiger charge is 2.29. The molecule has 2 aromatic carbocycles. The molecule has 116 valence electrons. The molecule has 1 unspecified atom stereocenters. The first-order valence-corrected chi connectivity index (χ1v) is 8.04. The highest BCUT2D eigenvalue weighted by Crippen LogP contribution is 2.33. The summed E-state index contributed by atoms with van der Waals surface area (Å²) >= 11 is 0. The van der Waals surface area contributed by atoms with Crippen molar-refractivity contribution in [3.8, 4) is 0 Å². The Morgan fingerprint density at radius 3 is 2.64 bits per heavy atom. The molecule has 0 aromatic heterocycles. The molecule has 0 aliphatic carbocycles. The highest BCUT2D eigenvalue weighted by molar-refractivity contribution is 5.86. The van der Waals surface area contributed by atoms with Gasteiger partial charge < -0.3 is 9.47 Å². The molecule has 0 spiro atoms. The SMILES string of the molecule is C=C(c1ccc2ccccc2c1)C(C)(C)OC1CCCCO1. The molecule has 0 radical (unpaired) electrons. The third-order valence-corrected chi connectivity index (χ3v) is 4.39. The zero-order valence-electron chi connectivity index (χ0n) is 13.5. The normalized spacial score (nSPS) is 19.3. The molecule has 2 nitrogen and oxygen atoms in total. The van der Waals surface area contributed by atoms with E-state index in [0.29, 0.717) is 0 Å². The first-order valence-electron chi connectivity index (χ1n) is 8.04. The highest BCUT2D eigenvalue weighted by atomic mass is 16.7. The predicted octanol–water partition coefficient (Wildman–Crippen LogP) is 5.17. The lowest BCUT2D eigenvalue weighted by atomic mass is 9.91. The van der Waals surface area contributed by atoms with E-state index in [4.69, 9.17) is 9.47 Å². The van der Waals surface area contributed by atoms with Crippen molar-refractivity contribution in [2.45, 2.75) is 45.0 Å². The van der Waals surface area contributed by atoms with Crippen molar-refractivity contribution in [2.75, 3.05) is 6.61 Å². The molecule has 0 amide bonds. The third kappa shape index (κ3) is 3.23. The Bertz CT molecular complexity index is 666. The van der Waals surface area contributed by atoms with E-state index in [9.17, 15) is 0 Å². The lowest BCUT2D eigenvalue weighted by Gasteiger charge is -2.34. The van der Waals surface area contributed by atoms with E-state index in [1.807, 2.05) is 0 Å². The van der Waals surface area contributed by atoms with Crippen LogP contribution in [0.4, 0.5) is 0 Å². The summed E-state index contributed by atoms with van der Waals surface area (Å²) in [7, 11) is 0. The molecule has 1 aliphatic rings. The molecule has 1 fully saturated rings. The summed E-state index contributed by atoms with van der Waals surface area (Å²) in [5.74, 6) is 0. The van der Waals surface area contributed by atoms with Crippen LogP contribution in [0, 0.1) is 0 Å². The average Bonchev–Trinajstić information content (AvgIpc) is 2.54. The first kappa shape index (κ1) is 15.3. The molecular weight excluding hydrogens is 272 g/mol. The minimum absolute atomic E-state index is 0.110. The molecule has 3 rings (SSSR count). The van der Waals surface area contributed by atoms with Gasteiger partial charge in [-0.1, -0.05) is 43.0 Å². The molecule has 1 heterocycles. The Morgan fingerprint density at radius 2 is 1.91 bits per heavy atom. The van der Waals surface area contributed by atoms with Gasteiger partial charge >= 0.3 is 0 Å². The monoisotopic (exact) mass is 296 g/mol. The number of benzene rings is 2. The maximum atomic E-state index is 6.19. The van der Waals surface area contributed by atoms with Gasteiger partial charge in [0.1, 0.15) is 0 Å². The van der Waals surface area contributed by atoms with Crippen molar-refractivity contribution in [1.82, 2.24) is 0 Å². The first-order chi connectivity index (χ1) is 10.6. The van der Waals surface area contributed by atoms with Crippen molar-refractivity contribution in [1.29, 1.82) is 0 Å². The summed E-state index contributed by atoms with van der Waals surface area (Å²) < 4.78 is 11.9. The number of hydrogen-bond acceptors (Lipinski definition) is 2. The lowest BCUT2D eigenvalue weighted by Crippen LogP contribution is -2.34. The maximum absolute atomic E-state index is 6.19. The van der Waals surface area contributed by atoms with Crippen LogP contribution in [0.2, 0.25) is 0 Å². The van der Waals surface area contributed by atoms with Gasteiger partial charge in [-0.25, -0.2) is 0 Å². The molecule has 2 aromatic rings. The number of rotatable bonds is 4. The molecule has 1 atom stereocenters. The van der Waals surface area contributed by atoms with Crippen LogP contribution < -0.4 is 0 Å². The minimum Gasteiger partial charge on any atom is -0.353 e. The van der Waals surface area contributed by atoms with Crippen molar-refractivity contribution < 1.29 is 9.47 Å². The van der Waals surface area contributed by atoms with Gasteiger partial charge in [-0.2, -0.15) is 0 Å². The zero-order valence-corrected chi connectivity index (χ0v) is 13.5. The molecule has 1 saturated heterocycles. The quantitative estimate of drug-likeness (QED) is 0.774. The third-order valence-electron chi connectivity index (χ3n) is 4.39. The van der Waals surface area contributed by atoms with E-state index in [1.165, 1.54) is 17.2 Å². The Kier molecular flexibility index (Phi) is 4.32. The lowest BCUT2D eigenvalue weighted by molar-refractivity contribution is -0.198. The largest absolute Gasteiger partial charge is 0.353 e. The molecular formula is C20H24O2. The van der Waals surface area contributed by atoms with Gasteiger partial charge in [0, 0.05) is 6.61 Å². The van der Waals surface area contributed by atoms with E-state index >= 15 is 0 Å². The second-order valence-electron chi connectivity index (χ2n) is 6.46. The van der Waals surface area contributed by atoms with Crippen LogP contribution in [-0.2, 0) is 9.47 Å². The summed E-state index contributed by atoms with van der Waals surface area (Å²) in [5, 5.41) is 2.47.